The molecule has 0 radical (unpaired) electrons. The highest BCUT2D eigenvalue weighted by molar-refractivity contribution is 7.16. The Morgan fingerprint density at radius 2 is 2.14 bits per heavy atom. The van der Waals surface area contributed by atoms with E-state index in [-0.39, 0.29) is 0 Å². The fourth-order valence-electron chi connectivity index (χ4n) is 3.13. The number of ether oxygens (including phenoxy) is 1. The first-order valence-corrected chi connectivity index (χ1v) is 11.7. The third-order valence-electron chi connectivity index (χ3n) is 4.72. The zero-order valence-corrected chi connectivity index (χ0v) is 18.7. The molecule has 0 aliphatic carbocycles. The van der Waals surface area contributed by atoms with E-state index in [1.54, 1.807) is 11.3 Å². The molecule has 1 saturated heterocycles. The molecule has 3 rings (SSSR count). The lowest BCUT2D eigenvalue weighted by molar-refractivity contribution is 0.0220. The predicted molar refractivity (Wildman–Crippen MR) is 120 cm³/mol. The molecule has 8 heteroatoms. The maximum atomic E-state index is 5.44. The Morgan fingerprint density at radius 1 is 1.32 bits per heavy atom. The van der Waals surface area contributed by atoms with Gasteiger partial charge in [0, 0.05) is 42.5 Å². The lowest BCUT2D eigenvalue weighted by Crippen LogP contribution is -2.44. The molecule has 1 unspecified atom stereocenters. The van der Waals surface area contributed by atoms with Gasteiger partial charge in [0.05, 0.1) is 35.3 Å². The van der Waals surface area contributed by atoms with Gasteiger partial charge in [-0.25, -0.2) is 4.98 Å². The summed E-state index contributed by atoms with van der Waals surface area (Å²) in [6, 6.07) is 4.82. The minimum absolute atomic E-state index is 0.431. The molecular formula is C20H31N5OS2. The maximum Gasteiger partial charge on any atom is 0.191 e. The summed E-state index contributed by atoms with van der Waals surface area (Å²) in [7, 11) is 0. The van der Waals surface area contributed by atoms with Gasteiger partial charge in [-0.1, -0.05) is 0 Å². The monoisotopic (exact) mass is 421 g/mol. The number of thiophene rings is 1. The molecule has 154 valence electrons. The van der Waals surface area contributed by atoms with E-state index in [9.17, 15) is 0 Å². The predicted octanol–water partition coefficient (Wildman–Crippen LogP) is 3.00. The average molecular weight is 422 g/mol. The summed E-state index contributed by atoms with van der Waals surface area (Å²) in [4.78, 5) is 14.4. The van der Waals surface area contributed by atoms with Crippen molar-refractivity contribution in [3.63, 3.8) is 0 Å². The van der Waals surface area contributed by atoms with Gasteiger partial charge in [-0.15, -0.1) is 22.7 Å². The Morgan fingerprint density at radius 3 is 2.86 bits per heavy atom. The van der Waals surface area contributed by atoms with Gasteiger partial charge < -0.3 is 15.4 Å². The third-order valence-corrected chi connectivity index (χ3v) is 6.66. The first-order valence-electron chi connectivity index (χ1n) is 10.0. The number of hydrogen-bond acceptors (Lipinski definition) is 6. The van der Waals surface area contributed by atoms with Crippen molar-refractivity contribution in [2.75, 3.05) is 45.9 Å². The Balaban J connectivity index is 1.47. The Labute approximate surface area is 176 Å². The van der Waals surface area contributed by atoms with Crippen LogP contribution in [0.4, 0.5) is 0 Å². The second-order valence-corrected chi connectivity index (χ2v) is 9.14. The highest BCUT2D eigenvalue weighted by Crippen LogP contribution is 2.29. The molecule has 1 aliphatic heterocycles. The van der Waals surface area contributed by atoms with Gasteiger partial charge in [-0.3, -0.25) is 9.89 Å². The Kier molecular flexibility index (Phi) is 8.27. The van der Waals surface area contributed by atoms with Gasteiger partial charge in [0.25, 0.3) is 0 Å². The molecule has 1 fully saturated rings. The number of nitrogens with zero attached hydrogens (tertiary/aromatic N) is 3. The van der Waals surface area contributed by atoms with E-state index in [1.165, 1.54) is 9.75 Å². The third kappa shape index (κ3) is 6.27. The van der Waals surface area contributed by atoms with Crippen LogP contribution in [0.1, 0.15) is 23.7 Å². The van der Waals surface area contributed by atoms with Gasteiger partial charge in [0.2, 0.25) is 0 Å². The van der Waals surface area contributed by atoms with Crippen LogP contribution in [-0.2, 0) is 11.2 Å². The Bertz CT molecular complexity index is 751. The number of nitrogens with one attached hydrogen (secondary N) is 2. The van der Waals surface area contributed by atoms with Crippen molar-refractivity contribution in [1.82, 2.24) is 20.5 Å². The van der Waals surface area contributed by atoms with Crippen molar-refractivity contribution in [3.05, 3.63) is 27.4 Å². The molecule has 2 N–H and O–H groups in total. The van der Waals surface area contributed by atoms with E-state index in [2.05, 4.69) is 51.9 Å². The Hall–Kier alpha value is -1.48. The van der Waals surface area contributed by atoms with Crippen LogP contribution in [0.25, 0.3) is 10.6 Å². The van der Waals surface area contributed by atoms with E-state index in [0.717, 1.165) is 69.0 Å². The largest absolute Gasteiger partial charge is 0.379 e. The number of hydrogen-bond donors (Lipinski definition) is 2. The zero-order chi connectivity index (χ0) is 19.8. The number of aromatic nitrogens is 1. The van der Waals surface area contributed by atoms with Crippen molar-refractivity contribution in [2.45, 2.75) is 33.2 Å². The highest BCUT2D eigenvalue weighted by atomic mass is 32.1. The summed E-state index contributed by atoms with van der Waals surface area (Å²) in [5.74, 6) is 0.898. The van der Waals surface area contributed by atoms with Crippen LogP contribution >= 0.6 is 22.7 Å². The van der Waals surface area contributed by atoms with Gasteiger partial charge in [-0.05, 0) is 39.3 Å². The van der Waals surface area contributed by atoms with Crippen LogP contribution in [-0.4, -0.2) is 67.8 Å². The molecular weight excluding hydrogens is 390 g/mol. The number of aryl methyl sites for hydroxylation is 1. The zero-order valence-electron chi connectivity index (χ0n) is 17.0. The molecule has 0 spiro atoms. The number of aliphatic imine (C=N–C) groups is 1. The minimum atomic E-state index is 0.431. The molecule has 2 aromatic rings. The second-order valence-electron chi connectivity index (χ2n) is 6.91. The van der Waals surface area contributed by atoms with Crippen LogP contribution in [0, 0.1) is 6.92 Å². The van der Waals surface area contributed by atoms with Crippen molar-refractivity contribution < 1.29 is 4.74 Å². The SMILES string of the molecule is CCNC(=NCC(C)N1CCOCC1)NCCc1ccc(-c2csc(C)n2)s1. The molecule has 1 atom stereocenters. The molecule has 2 aromatic heterocycles. The van der Waals surface area contributed by atoms with Crippen molar-refractivity contribution >= 4 is 28.6 Å². The first kappa shape index (κ1) is 21.2. The van der Waals surface area contributed by atoms with Crippen molar-refractivity contribution in [2.24, 2.45) is 4.99 Å². The summed E-state index contributed by atoms with van der Waals surface area (Å²) in [5.41, 5.74) is 1.10. The highest BCUT2D eigenvalue weighted by Gasteiger charge is 2.16. The number of rotatable bonds is 8. The van der Waals surface area contributed by atoms with Crippen molar-refractivity contribution in [3.8, 4) is 10.6 Å². The quantitative estimate of drug-likeness (QED) is 0.507. The summed E-state index contributed by atoms with van der Waals surface area (Å²) < 4.78 is 5.44. The molecule has 0 saturated carbocycles. The summed E-state index contributed by atoms with van der Waals surface area (Å²) in [5, 5.41) is 10.1. The smallest absolute Gasteiger partial charge is 0.191 e. The van der Waals surface area contributed by atoms with E-state index in [4.69, 9.17) is 9.73 Å². The van der Waals surface area contributed by atoms with Crippen molar-refractivity contribution in [1.29, 1.82) is 0 Å². The van der Waals surface area contributed by atoms with Crippen LogP contribution in [0.5, 0.6) is 0 Å². The van der Waals surface area contributed by atoms with Crippen LogP contribution in [0.3, 0.4) is 0 Å². The molecule has 6 nitrogen and oxygen atoms in total. The lowest BCUT2D eigenvalue weighted by Gasteiger charge is -2.31. The standard InChI is InChI=1S/C20H31N5OS2/c1-4-21-20(23-13-15(2)25-9-11-26-12-10-25)22-8-7-17-5-6-19(28-17)18-14-27-16(3)24-18/h5-6,14-15H,4,7-13H2,1-3H3,(H2,21,22,23). The fraction of sp³-hybridized carbons (Fsp3) is 0.600. The number of morpholine rings is 1. The molecule has 0 amide bonds. The minimum Gasteiger partial charge on any atom is -0.379 e. The second kappa shape index (κ2) is 10.9. The molecule has 0 bridgehead atoms. The lowest BCUT2D eigenvalue weighted by atomic mass is 10.2. The average Bonchev–Trinajstić information content (AvgIpc) is 3.35. The number of guanidine groups is 1. The summed E-state index contributed by atoms with van der Waals surface area (Å²) in [6.07, 6.45) is 0.983. The van der Waals surface area contributed by atoms with Gasteiger partial charge in [0.1, 0.15) is 0 Å². The topological polar surface area (TPSA) is 61.8 Å². The first-order chi connectivity index (χ1) is 13.7. The van der Waals surface area contributed by atoms with Gasteiger partial charge in [0.15, 0.2) is 5.96 Å². The summed E-state index contributed by atoms with van der Waals surface area (Å²) in [6.45, 7) is 12.6. The van der Waals surface area contributed by atoms with Gasteiger partial charge >= 0.3 is 0 Å². The van der Waals surface area contributed by atoms with Crippen LogP contribution in [0.15, 0.2) is 22.5 Å². The fourth-order valence-corrected chi connectivity index (χ4v) is 4.78. The molecule has 3 heterocycles. The maximum absolute atomic E-state index is 5.44. The normalized spacial score (nSPS) is 16.9. The van der Waals surface area contributed by atoms with E-state index in [1.807, 2.05) is 18.3 Å². The van der Waals surface area contributed by atoms with E-state index < -0.39 is 0 Å². The van der Waals surface area contributed by atoms with E-state index >= 15 is 0 Å². The van der Waals surface area contributed by atoms with E-state index in [0.29, 0.717) is 6.04 Å². The summed E-state index contributed by atoms with van der Waals surface area (Å²) >= 11 is 3.53. The van der Waals surface area contributed by atoms with Gasteiger partial charge in [-0.2, -0.15) is 0 Å². The molecule has 28 heavy (non-hydrogen) atoms. The molecule has 0 aromatic carbocycles. The van der Waals surface area contributed by atoms with Crippen LogP contribution in [0.2, 0.25) is 0 Å². The number of thiazole rings is 1. The molecule has 1 aliphatic rings. The van der Waals surface area contributed by atoms with Crippen LogP contribution < -0.4 is 10.6 Å².